The van der Waals surface area contributed by atoms with Crippen LogP contribution in [0.5, 0.6) is 5.75 Å². The molecule has 8 heteroatoms. The van der Waals surface area contributed by atoms with E-state index in [0.717, 1.165) is 22.0 Å². The average Bonchev–Trinajstić information content (AvgIpc) is 3.13. The SMILES string of the molecule is CCOC(=O)c1ccc2c(c1)nc(SC(C)C(=O)NCc1ccc(OC)cc1)n2CC. The summed E-state index contributed by atoms with van der Waals surface area (Å²) < 4.78 is 12.3. The Hall–Kier alpha value is -3.00. The lowest BCUT2D eigenvalue weighted by atomic mass is 10.2. The molecular weight excluding hydrogens is 414 g/mol. The molecule has 7 nitrogen and oxygen atoms in total. The maximum absolute atomic E-state index is 12.6. The summed E-state index contributed by atoms with van der Waals surface area (Å²) in [6.07, 6.45) is 0. The van der Waals surface area contributed by atoms with Gasteiger partial charge in [0.15, 0.2) is 5.16 Å². The highest BCUT2D eigenvalue weighted by Gasteiger charge is 2.20. The first-order valence-corrected chi connectivity index (χ1v) is 11.1. The number of benzene rings is 2. The number of fused-ring (bicyclic) bond motifs is 1. The molecule has 0 radical (unpaired) electrons. The Bertz CT molecular complexity index is 1060. The van der Waals surface area contributed by atoms with Gasteiger partial charge in [0.2, 0.25) is 5.91 Å². The van der Waals surface area contributed by atoms with Gasteiger partial charge in [-0.3, -0.25) is 4.79 Å². The van der Waals surface area contributed by atoms with Gasteiger partial charge in [-0.1, -0.05) is 23.9 Å². The van der Waals surface area contributed by atoms with Crippen LogP contribution in [0.1, 0.15) is 36.7 Å². The van der Waals surface area contributed by atoms with Crippen LogP contribution in [0.4, 0.5) is 0 Å². The molecule has 1 N–H and O–H groups in total. The van der Waals surface area contributed by atoms with E-state index in [-0.39, 0.29) is 17.1 Å². The number of carbonyl (C=O) groups excluding carboxylic acids is 2. The zero-order valence-electron chi connectivity index (χ0n) is 18.2. The molecule has 3 rings (SSSR count). The number of imidazole rings is 1. The summed E-state index contributed by atoms with van der Waals surface area (Å²) in [4.78, 5) is 29.3. The Morgan fingerprint density at radius 1 is 1.16 bits per heavy atom. The zero-order valence-corrected chi connectivity index (χ0v) is 19.0. The summed E-state index contributed by atoms with van der Waals surface area (Å²) in [7, 11) is 1.62. The number of nitrogens with zero attached hydrogens (tertiary/aromatic N) is 2. The van der Waals surface area contributed by atoms with Crippen LogP contribution in [0.2, 0.25) is 0 Å². The summed E-state index contributed by atoms with van der Waals surface area (Å²) >= 11 is 1.40. The topological polar surface area (TPSA) is 82.4 Å². The van der Waals surface area contributed by atoms with Crippen LogP contribution in [-0.2, 0) is 22.6 Å². The highest BCUT2D eigenvalue weighted by Crippen LogP contribution is 2.28. The van der Waals surface area contributed by atoms with Crippen molar-refractivity contribution in [1.29, 1.82) is 0 Å². The number of esters is 1. The van der Waals surface area contributed by atoms with Gasteiger partial charge in [-0.05, 0) is 56.7 Å². The summed E-state index contributed by atoms with van der Waals surface area (Å²) in [5.41, 5.74) is 3.10. The van der Waals surface area contributed by atoms with E-state index in [0.29, 0.717) is 30.8 Å². The van der Waals surface area contributed by atoms with Gasteiger partial charge in [-0.25, -0.2) is 9.78 Å². The second-order valence-corrected chi connectivity index (χ2v) is 8.20. The molecule has 1 aromatic heterocycles. The molecule has 1 atom stereocenters. The standard InChI is InChI=1S/C23H27N3O4S/c1-5-26-20-12-9-17(22(28)30-6-2)13-19(20)25-23(26)31-15(3)21(27)24-14-16-7-10-18(29-4)11-8-16/h7-13,15H,5-6,14H2,1-4H3,(H,24,27). The van der Waals surface area contributed by atoms with Crippen LogP contribution < -0.4 is 10.1 Å². The number of carbonyl (C=O) groups is 2. The highest BCUT2D eigenvalue weighted by molar-refractivity contribution is 8.00. The van der Waals surface area contributed by atoms with Crippen molar-refractivity contribution in [3.8, 4) is 5.75 Å². The second kappa shape index (κ2) is 10.3. The molecule has 31 heavy (non-hydrogen) atoms. The number of amides is 1. The van der Waals surface area contributed by atoms with Crippen molar-refractivity contribution in [3.05, 3.63) is 53.6 Å². The van der Waals surface area contributed by atoms with E-state index in [9.17, 15) is 9.59 Å². The van der Waals surface area contributed by atoms with Crippen LogP contribution in [0.3, 0.4) is 0 Å². The first kappa shape index (κ1) is 22.7. The number of thioether (sulfide) groups is 1. The Morgan fingerprint density at radius 3 is 2.55 bits per heavy atom. The van der Waals surface area contributed by atoms with E-state index in [1.54, 1.807) is 26.2 Å². The molecule has 0 saturated heterocycles. The minimum atomic E-state index is -0.365. The average molecular weight is 442 g/mol. The molecule has 1 amide bonds. The zero-order chi connectivity index (χ0) is 22.4. The van der Waals surface area contributed by atoms with E-state index < -0.39 is 0 Å². The first-order valence-electron chi connectivity index (χ1n) is 10.2. The number of aromatic nitrogens is 2. The van der Waals surface area contributed by atoms with E-state index in [2.05, 4.69) is 10.3 Å². The molecule has 0 fully saturated rings. The van der Waals surface area contributed by atoms with Gasteiger partial charge in [0, 0.05) is 13.1 Å². The van der Waals surface area contributed by atoms with Gasteiger partial charge in [-0.15, -0.1) is 0 Å². The molecule has 0 saturated carbocycles. The fourth-order valence-corrected chi connectivity index (χ4v) is 4.14. The predicted molar refractivity (Wildman–Crippen MR) is 122 cm³/mol. The second-order valence-electron chi connectivity index (χ2n) is 6.89. The van der Waals surface area contributed by atoms with E-state index in [1.807, 2.05) is 48.7 Å². The highest BCUT2D eigenvalue weighted by atomic mass is 32.2. The van der Waals surface area contributed by atoms with Crippen molar-refractivity contribution in [2.75, 3.05) is 13.7 Å². The molecular formula is C23H27N3O4S. The Balaban J connectivity index is 1.70. The third kappa shape index (κ3) is 5.38. The fraction of sp³-hybridized carbons (Fsp3) is 0.348. The van der Waals surface area contributed by atoms with Gasteiger partial charge in [0.25, 0.3) is 0 Å². The Morgan fingerprint density at radius 2 is 1.90 bits per heavy atom. The molecule has 0 aliphatic carbocycles. The third-order valence-electron chi connectivity index (χ3n) is 4.82. The summed E-state index contributed by atoms with van der Waals surface area (Å²) in [5.74, 6) is 0.349. The molecule has 0 spiro atoms. The van der Waals surface area contributed by atoms with Crippen molar-refractivity contribution in [2.45, 2.75) is 44.3 Å². The molecule has 0 bridgehead atoms. The normalized spacial score (nSPS) is 11.9. The number of hydrogen-bond donors (Lipinski definition) is 1. The van der Waals surface area contributed by atoms with Crippen molar-refractivity contribution < 1.29 is 19.1 Å². The van der Waals surface area contributed by atoms with Gasteiger partial charge in [-0.2, -0.15) is 0 Å². The monoisotopic (exact) mass is 441 g/mol. The molecule has 164 valence electrons. The van der Waals surface area contributed by atoms with E-state index in [4.69, 9.17) is 9.47 Å². The van der Waals surface area contributed by atoms with Gasteiger partial charge >= 0.3 is 5.97 Å². The minimum absolute atomic E-state index is 0.0669. The minimum Gasteiger partial charge on any atom is -0.497 e. The Kier molecular flexibility index (Phi) is 7.57. The summed E-state index contributed by atoms with van der Waals surface area (Å²) in [5, 5.41) is 3.38. The number of nitrogens with one attached hydrogen (secondary N) is 1. The van der Waals surface area contributed by atoms with Crippen LogP contribution in [0.25, 0.3) is 11.0 Å². The number of hydrogen-bond acceptors (Lipinski definition) is 6. The molecule has 0 aliphatic rings. The lowest BCUT2D eigenvalue weighted by Crippen LogP contribution is -2.30. The van der Waals surface area contributed by atoms with Gasteiger partial charge in [0.1, 0.15) is 5.75 Å². The molecule has 3 aromatic rings. The van der Waals surface area contributed by atoms with E-state index in [1.165, 1.54) is 11.8 Å². The van der Waals surface area contributed by atoms with Crippen LogP contribution in [0.15, 0.2) is 47.6 Å². The Labute approximate surface area is 186 Å². The van der Waals surface area contributed by atoms with E-state index >= 15 is 0 Å². The quantitative estimate of drug-likeness (QED) is 0.399. The predicted octanol–water partition coefficient (Wildman–Crippen LogP) is 4.04. The van der Waals surface area contributed by atoms with Gasteiger partial charge < -0.3 is 19.4 Å². The van der Waals surface area contributed by atoms with Crippen molar-refractivity contribution in [3.63, 3.8) is 0 Å². The lowest BCUT2D eigenvalue weighted by Gasteiger charge is -2.13. The number of aryl methyl sites for hydroxylation is 1. The number of ether oxygens (including phenoxy) is 2. The summed E-state index contributed by atoms with van der Waals surface area (Å²) in [6, 6.07) is 12.9. The summed E-state index contributed by atoms with van der Waals surface area (Å²) in [6.45, 7) is 7.14. The van der Waals surface area contributed by atoms with Crippen LogP contribution >= 0.6 is 11.8 Å². The van der Waals surface area contributed by atoms with Crippen molar-refractivity contribution >= 4 is 34.7 Å². The molecule has 0 aliphatic heterocycles. The van der Waals surface area contributed by atoms with Crippen molar-refractivity contribution in [2.24, 2.45) is 0 Å². The third-order valence-corrected chi connectivity index (χ3v) is 5.91. The van der Waals surface area contributed by atoms with Crippen LogP contribution in [0, 0.1) is 0 Å². The maximum atomic E-state index is 12.6. The fourth-order valence-electron chi connectivity index (χ4n) is 3.13. The van der Waals surface area contributed by atoms with Crippen molar-refractivity contribution in [1.82, 2.24) is 14.9 Å². The molecule has 1 unspecified atom stereocenters. The smallest absolute Gasteiger partial charge is 0.338 e. The first-order chi connectivity index (χ1) is 15.0. The lowest BCUT2D eigenvalue weighted by molar-refractivity contribution is -0.120. The molecule has 2 aromatic carbocycles. The van der Waals surface area contributed by atoms with Gasteiger partial charge in [0.05, 0.1) is 35.6 Å². The largest absolute Gasteiger partial charge is 0.497 e. The van der Waals surface area contributed by atoms with Crippen LogP contribution in [-0.4, -0.2) is 40.4 Å². The molecule has 1 heterocycles. The number of rotatable bonds is 9. The number of methoxy groups -OCH3 is 1. The maximum Gasteiger partial charge on any atom is 0.338 e.